The summed E-state index contributed by atoms with van der Waals surface area (Å²) in [6, 6.07) is 4.93. The molecule has 0 saturated carbocycles. The third-order valence-electron chi connectivity index (χ3n) is 3.03. The van der Waals surface area contributed by atoms with E-state index in [2.05, 4.69) is 5.32 Å². The Morgan fingerprint density at radius 2 is 2.35 bits per heavy atom. The molecule has 0 spiro atoms. The molecule has 1 aliphatic heterocycles. The lowest BCUT2D eigenvalue weighted by Gasteiger charge is -2.23. The van der Waals surface area contributed by atoms with Crippen molar-refractivity contribution in [1.29, 1.82) is 0 Å². The Hall–Kier alpha value is -1.70. The Labute approximate surface area is 117 Å². The average molecular weight is 282 g/mol. The first kappa shape index (κ1) is 14.7. The van der Waals surface area contributed by atoms with Crippen LogP contribution < -0.4 is 10.1 Å². The van der Waals surface area contributed by atoms with Gasteiger partial charge in [0.2, 0.25) is 0 Å². The number of nitrogens with one attached hydrogen (secondary N) is 1. The van der Waals surface area contributed by atoms with E-state index in [1.807, 2.05) is 0 Å². The van der Waals surface area contributed by atoms with Crippen molar-refractivity contribution in [3.05, 3.63) is 33.9 Å². The highest BCUT2D eigenvalue weighted by Crippen LogP contribution is 2.27. The number of methoxy groups -OCH3 is 1. The fraction of sp³-hybridized carbons (Fsp3) is 0.538. The van der Waals surface area contributed by atoms with Crippen molar-refractivity contribution in [2.75, 3.05) is 33.5 Å². The average Bonchev–Trinajstić information content (AvgIpc) is 2.48. The van der Waals surface area contributed by atoms with Crippen LogP contribution in [0.25, 0.3) is 0 Å². The number of nitro groups is 1. The van der Waals surface area contributed by atoms with Crippen LogP contribution in [0.4, 0.5) is 5.69 Å². The highest BCUT2D eigenvalue weighted by Gasteiger charge is 2.16. The first-order valence-corrected chi connectivity index (χ1v) is 6.42. The van der Waals surface area contributed by atoms with Crippen LogP contribution in [0.5, 0.6) is 5.75 Å². The Kier molecular flexibility index (Phi) is 5.28. The molecule has 7 nitrogen and oxygen atoms in total. The lowest BCUT2D eigenvalue weighted by molar-refractivity contribution is -0.385. The van der Waals surface area contributed by atoms with Crippen LogP contribution in [0.1, 0.15) is 5.56 Å². The van der Waals surface area contributed by atoms with E-state index >= 15 is 0 Å². The van der Waals surface area contributed by atoms with Gasteiger partial charge in [0, 0.05) is 19.2 Å². The van der Waals surface area contributed by atoms with Crippen LogP contribution in [0.3, 0.4) is 0 Å². The van der Waals surface area contributed by atoms with Crippen LogP contribution in [0, 0.1) is 10.1 Å². The topological polar surface area (TPSA) is 82.9 Å². The summed E-state index contributed by atoms with van der Waals surface area (Å²) in [5.74, 6) is 0.266. The molecule has 110 valence electrons. The largest absolute Gasteiger partial charge is 0.490 e. The minimum absolute atomic E-state index is 0.0240. The van der Waals surface area contributed by atoms with Crippen LogP contribution in [-0.2, 0) is 16.0 Å². The summed E-state index contributed by atoms with van der Waals surface area (Å²) >= 11 is 0. The van der Waals surface area contributed by atoms with E-state index in [0.717, 1.165) is 5.56 Å². The monoisotopic (exact) mass is 282 g/mol. The Morgan fingerprint density at radius 1 is 1.50 bits per heavy atom. The lowest BCUT2D eigenvalue weighted by Crippen LogP contribution is -2.37. The number of nitro benzene ring substituents is 1. The molecule has 1 aromatic rings. The van der Waals surface area contributed by atoms with Gasteiger partial charge in [-0.25, -0.2) is 0 Å². The van der Waals surface area contributed by atoms with Crippen molar-refractivity contribution in [2.45, 2.75) is 12.6 Å². The quantitative estimate of drug-likeness (QED) is 0.621. The number of nitrogens with zero attached hydrogens (tertiary/aromatic N) is 1. The molecule has 2 rings (SSSR count). The maximum atomic E-state index is 10.9. The maximum Gasteiger partial charge on any atom is 0.311 e. The summed E-state index contributed by atoms with van der Waals surface area (Å²) in [7, 11) is 1.42. The zero-order valence-electron chi connectivity index (χ0n) is 11.3. The molecular formula is C13H18N2O5. The minimum atomic E-state index is -0.444. The number of hydrogen-bond acceptors (Lipinski definition) is 6. The first-order chi connectivity index (χ1) is 9.70. The molecular weight excluding hydrogens is 264 g/mol. The van der Waals surface area contributed by atoms with E-state index in [1.54, 1.807) is 12.1 Å². The second kappa shape index (κ2) is 7.18. The van der Waals surface area contributed by atoms with Gasteiger partial charge in [-0.3, -0.25) is 10.1 Å². The molecule has 20 heavy (non-hydrogen) atoms. The molecule has 0 bridgehead atoms. The van der Waals surface area contributed by atoms with Crippen LogP contribution in [0.15, 0.2) is 18.2 Å². The third kappa shape index (κ3) is 3.89. The molecule has 1 aromatic carbocycles. The predicted octanol–water partition coefficient (Wildman–Crippen LogP) is 1.11. The van der Waals surface area contributed by atoms with E-state index < -0.39 is 4.92 Å². The summed E-state index contributed by atoms with van der Waals surface area (Å²) in [5, 5.41) is 14.1. The van der Waals surface area contributed by atoms with Gasteiger partial charge in [0.25, 0.3) is 0 Å². The Bertz CT molecular complexity index is 460. The molecule has 0 aromatic heterocycles. The fourth-order valence-electron chi connectivity index (χ4n) is 2.02. The molecule has 1 N–H and O–H groups in total. The Morgan fingerprint density at radius 3 is 3.00 bits per heavy atom. The van der Waals surface area contributed by atoms with Crippen molar-refractivity contribution in [3.63, 3.8) is 0 Å². The summed E-state index contributed by atoms with van der Waals surface area (Å²) < 4.78 is 15.8. The highest BCUT2D eigenvalue weighted by atomic mass is 16.6. The summed E-state index contributed by atoms with van der Waals surface area (Å²) in [6.07, 6.45) is 0.0389. The van der Waals surface area contributed by atoms with E-state index in [1.165, 1.54) is 13.2 Å². The Balaban J connectivity index is 1.89. The molecule has 1 aliphatic rings. The molecule has 1 unspecified atom stereocenters. The van der Waals surface area contributed by atoms with Crippen LogP contribution in [-0.4, -0.2) is 44.5 Å². The normalized spacial score (nSPS) is 18.8. The smallest absolute Gasteiger partial charge is 0.311 e. The number of rotatable bonds is 6. The predicted molar refractivity (Wildman–Crippen MR) is 71.9 cm³/mol. The molecule has 1 fully saturated rings. The van der Waals surface area contributed by atoms with Gasteiger partial charge in [-0.2, -0.15) is 0 Å². The van der Waals surface area contributed by atoms with Crippen molar-refractivity contribution < 1.29 is 19.1 Å². The van der Waals surface area contributed by atoms with Gasteiger partial charge in [0.1, 0.15) is 0 Å². The van der Waals surface area contributed by atoms with Gasteiger partial charge in [0.15, 0.2) is 5.75 Å². The van der Waals surface area contributed by atoms with Gasteiger partial charge < -0.3 is 19.5 Å². The highest BCUT2D eigenvalue weighted by molar-refractivity contribution is 5.48. The van der Waals surface area contributed by atoms with Gasteiger partial charge >= 0.3 is 5.69 Å². The number of benzene rings is 1. The summed E-state index contributed by atoms with van der Waals surface area (Å²) in [6.45, 7) is 3.02. The van der Waals surface area contributed by atoms with Gasteiger partial charge in [-0.15, -0.1) is 0 Å². The van der Waals surface area contributed by atoms with Crippen molar-refractivity contribution in [1.82, 2.24) is 5.32 Å². The molecule has 7 heteroatoms. The third-order valence-corrected chi connectivity index (χ3v) is 3.03. The maximum absolute atomic E-state index is 10.9. The van der Waals surface area contributed by atoms with E-state index in [9.17, 15) is 10.1 Å². The number of hydrogen-bond donors (Lipinski definition) is 1. The summed E-state index contributed by atoms with van der Waals surface area (Å²) in [5.41, 5.74) is 0.804. The second-order valence-corrected chi connectivity index (χ2v) is 4.46. The van der Waals surface area contributed by atoms with Crippen molar-refractivity contribution in [3.8, 4) is 5.75 Å². The van der Waals surface area contributed by atoms with E-state index in [0.29, 0.717) is 32.9 Å². The van der Waals surface area contributed by atoms with Gasteiger partial charge in [-0.05, 0) is 11.6 Å². The molecule has 0 radical (unpaired) electrons. The van der Waals surface area contributed by atoms with Crippen molar-refractivity contribution in [2.24, 2.45) is 0 Å². The standard InChI is InChI=1S/C13H18N2O5/c1-18-13-3-2-10(6-12(13)15(16)17)7-14-8-11-9-19-4-5-20-11/h2-3,6,11,14H,4-5,7-9H2,1H3. The zero-order valence-corrected chi connectivity index (χ0v) is 11.3. The summed E-state index contributed by atoms with van der Waals surface area (Å²) in [4.78, 5) is 10.5. The minimum Gasteiger partial charge on any atom is -0.490 e. The van der Waals surface area contributed by atoms with Gasteiger partial charge in [-0.1, -0.05) is 6.07 Å². The lowest BCUT2D eigenvalue weighted by atomic mass is 10.2. The van der Waals surface area contributed by atoms with E-state index in [4.69, 9.17) is 14.2 Å². The molecule has 1 heterocycles. The molecule has 1 atom stereocenters. The SMILES string of the molecule is COc1ccc(CNCC2COCCO2)cc1[N+](=O)[O-]. The second-order valence-electron chi connectivity index (χ2n) is 4.46. The van der Waals surface area contributed by atoms with Gasteiger partial charge in [0.05, 0.1) is 38.0 Å². The fourth-order valence-corrected chi connectivity index (χ4v) is 2.02. The molecule has 0 aliphatic carbocycles. The van der Waals surface area contributed by atoms with Crippen molar-refractivity contribution >= 4 is 5.69 Å². The van der Waals surface area contributed by atoms with E-state index in [-0.39, 0.29) is 17.5 Å². The zero-order chi connectivity index (χ0) is 14.4. The molecule has 0 amide bonds. The number of ether oxygens (including phenoxy) is 3. The van der Waals surface area contributed by atoms with Crippen LogP contribution in [0.2, 0.25) is 0 Å². The first-order valence-electron chi connectivity index (χ1n) is 6.42. The van der Waals surface area contributed by atoms with Crippen LogP contribution >= 0.6 is 0 Å². The molecule has 1 saturated heterocycles.